The van der Waals surface area contributed by atoms with Crippen molar-refractivity contribution in [3.05, 3.63) is 24.0 Å². The van der Waals surface area contributed by atoms with Crippen LogP contribution in [0.15, 0.2) is 18.3 Å². The number of esters is 1. The summed E-state index contributed by atoms with van der Waals surface area (Å²) < 4.78 is 4.57. The molecule has 1 aromatic heterocycles. The molecule has 0 saturated heterocycles. The predicted octanol–water partition coefficient (Wildman–Crippen LogP) is 1.05. The van der Waals surface area contributed by atoms with E-state index in [1.807, 2.05) is 6.92 Å². The molecule has 0 fully saturated rings. The lowest BCUT2D eigenvalue weighted by atomic mass is 10.2. The van der Waals surface area contributed by atoms with Crippen LogP contribution in [0.4, 0.5) is 5.69 Å². The Morgan fingerprint density at radius 1 is 1.69 bits per heavy atom. The van der Waals surface area contributed by atoms with E-state index in [1.54, 1.807) is 12.1 Å². The molecule has 0 aromatic carbocycles. The average molecular weight is 224 g/mol. The maximum absolute atomic E-state index is 11.2. The molecular weight excluding hydrogens is 208 g/mol. The molecule has 88 valence electrons. The molecule has 1 aromatic rings. The molecule has 2 N–H and O–H groups in total. The summed E-state index contributed by atoms with van der Waals surface area (Å²) in [5.41, 5.74) is 0.997. The van der Waals surface area contributed by atoms with E-state index in [9.17, 15) is 4.79 Å². The van der Waals surface area contributed by atoms with Gasteiger partial charge in [0.25, 0.3) is 0 Å². The first-order chi connectivity index (χ1) is 7.71. The van der Waals surface area contributed by atoms with Crippen LogP contribution in [0.3, 0.4) is 0 Å². The maximum Gasteiger partial charge on any atom is 0.356 e. The average Bonchev–Trinajstić information content (AvgIpc) is 2.35. The van der Waals surface area contributed by atoms with Crippen molar-refractivity contribution in [2.45, 2.75) is 19.4 Å². The zero-order valence-electron chi connectivity index (χ0n) is 9.43. The number of hydrogen-bond acceptors (Lipinski definition) is 5. The smallest absolute Gasteiger partial charge is 0.356 e. The molecule has 0 amide bonds. The number of carbonyl (C=O) groups is 1. The third-order valence-corrected chi connectivity index (χ3v) is 2.24. The number of ether oxygens (including phenoxy) is 1. The summed E-state index contributed by atoms with van der Waals surface area (Å²) in [6.45, 7) is 2.02. The van der Waals surface area contributed by atoms with Crippen molar-refractivity contribution in [1.82, 2.24) is 4.98 Å². The molecule has 1 rings (SSSR count). The summed E-state index contributed by atoms with van der Waals surface area (Å²) >= 11 is 0. The van der Waals surface area contributed by atoms with Gasteiger partial charge in [-0.1, -0.05) is 6.92 Å². The molecule has 0 spiro atoms. The Hall–Kier alpha value is -1.62. The third kappa shape index (κ3) is 3.20. The summed E-state index contributed by atoms with van der Waals surface area (Å²) in [7, 11) is 1.31. The molecule has 1 heterocycles. The Labute approximate surface area is 94.5 Å². The van der Waals surface area contributed by atoms with Gasteiger partial charge in [0.15, 0.2) is 0 Å². The summed E-state index contributed by atoms with van der Waals surface area (Å²) in [5.74, 6) is -0.472. The lowest BCUT2D eigenvalue weighted by molar-refractivity contribution is 0.0594. The van der Waals surface area contributed by atoms with Gasteiger partial charge in [0.1, 0.15) is 5.69 Å². The SMILES string of the molecule is CCC(CO)Nc1ccnc(C(=O)OC)c1. The van der Waals surface area contributed by atoms with Gasteiger partial charge >= 0.3 is 5.97 Å². The molecule has 0 aliphatic carbocycles. The van der Waals surface area contributed by atoms with E-state index in [-0.39, 0.29) is 18.3 Å². The number of nitrogens with one attached hydrogen (secondary N) is 1. The van der Waals surface area contributed by atoms with Gasteiger partial charge in [-0.15, -0.1) is 0 Å². The van der Waals surface area contributed by atoms with Crippen molar-refractivity contribution in [3.63, 3.8) is 0 Å². The number of nitrogens with zero attached hydrogens (tertiary/aromatic N) is 1. The first-order valence-electron chi connectivity index (χ1n) is 5.13. The second kappa shape index (κ2) is 6.07. The zero-order valence-corrected chi connectivity index (χ0v) is 9.43. The first kappa shape index (κ1) is 12.4. The minimum Gasteiger partial charge on any atom is -0.464 e. The van der Waals surface area contributed by atoms with Gasteiger partial charge in [-0.3, -0.25) is 0 Å². The Balaban J connectivity index is 2.78. The Bertz CT molecular complexity index is 351. The second-order valence-electron chi connectivity index (χ2n) is 3.35. The number of anilines is 1. The quantitative estimate of drug-likeness (QED) is 0.731. The van der Waals surface area contributed by atoms with E-state index in [0.29, 0.717) is 0 Å². The number of aromatic nitrogens is 1. The van der Waals surface area contributed by atoms with E-state index in [1.165, 1.54) is 13.3 Å². The van der Waals surface area contributed by atoms with Gasteiger partial charge in [0.2, 0.25) is 0 Å². The van der Waals surface area contributed by atoms with Crippen molar-refractivity contribution < 1.29 is 14.6 Å². The van der Waals surface area contributed by atoms with E-state index >= 15 is 0 Å². The molecule has 5 heteroatoms. The van der Waals surface area contributed by atoms with Gasteiger partial charge in [0, 0.05) is 17.9 Å². The molecular formula is C11H16N2O3. The lowest BCUT2D eigenvalue weighted by Gasteiger charge is -2.15. The Kier molecular flexibility index (Phi) is 4.72. The minimum atomic E-state index is -0.472. The number of methoxy groups -OCH3 is 1. The van der Waals surface area contributed by atoms with Crippen molar-refractivity contribution >= 4 is 11.7 Å². The number of aliphatic hydroxyl groups excluding tert-OH is 1. The van der Waals surface area contributed by atoms with Gasteiger partial charge < -0.3 is 15.2 Å². The highest BCUT2D eigenvalue weighted by atomic mass is 16.5. The summed E-state index contributed by atoms with van der Waals surface area (Å²) in [6, 6.07) is 3.32. The van der Waals surface area contributed by atoms with Gasteiger partial charge in [-0.25, -0.2) is 9.78 Å². The standard InChI is InChI=1S/C11H16N2O3/c1-3-8(7-14)13-9-4-5-12-10(6-9)11(15)16-2/h4-6,8,14H,3,7H2,1-2H3,(H,12,13). The fourth-order valence-electron chi connectivity index (χ4n) is 1.25. The first-order valence-corrected chi connectivity index (χ1v) is 5.13. The molecule has 0 aliphatic heterocycles. The van der Waals surface area contributed by atoms with Crippen molar-refractivity contribution in [1.29, 1.82) is 0 Å². The van der Waals surface area contributed by atoms with E-state index < -0.39 is 5.97 Å². The largest absolute Gasteiger partial charge is 0.464 e. The van der Waals surface area contributed by atoms with Crippen LogP contribution < -0.4 is 5.32 Å². The van der Waals surface area contributed by atoms with Crippen molar-refractivity contribution in [2.75, 3.05) is 19.0 Å². The van der Waals surface area contributed by atoms with Crippen LogP contribution in [0.25, 0.3) is 0 Å². The van der Waals surface area contributed by atoms with Gasteiger partial charge in [0.05, 0.1) is 13.7 Å². The van der Waals surface area contributed by atoms with Crippen LogP contribution in [0.1, 0.15) is 23.8 Å². The van der Waals surface area contributed by atoms with E-state index in [2.05, 4.69) is 15.0 Å². The predicted molar refractivity (Wildman–Crippen MR) is 60.4 cm³/mol. The molecule has 0 bridgehead atoms. The number of rotatable bonds is 5. The van der Waals surface area contributed by atoms with Gasteiger partial charge in [-0.2, -0.15) is 0 Å². The minimum absolute atomic E-state index is 0.0205. The van der Waals surface area contributed by atoms with E-state index in [0.717, 1.165) is 12.1 Å². The van der Waals surface area contributed by atoms with Crippen LogP contribution in [-0.4, -0.2) is 35.8 Å². The van der Waals surface area contributed by atoms with E-state index in [4.69, 9.17) is 5.11 Å². The highest BCUT2D eigenvalue weighted by Gasteiger charge is 2.09. The molecule has 0 aliphatic rings. The number of hydrogen-bond donors (Lipinski definition) is 2. The highest BCUT2D eigenvalue weighted by Crippen LogP contribution is 2.11. The molecule has 1 atom stereocenters. The fraction of sp³-hybridized carbons (Fsp3) is 0.455. The zero-order chi connectivity index (χ0) is 12.0. The fourth-order valence-corrected chi connectivity index (χ4v) is 1.25. The monoisotopic (exact) mass is 224 g/mol. The van der Waals surface area contributed by atoms with Crippen molar-refractivity contribution in [2.24, 2.45) is 0 Å². The second-order valence-corrected chi connectivity index (χ2v) is 3.35. The molecule has 1 unspecified atom stereocenters. The maximum atomic E-state index is 11.2. The highest BCUT2D eigenvalue weighted by molar-refractivity contribution is 5.88. The lowest BCUT2D eigenvalue weighted by Crippen LogP contribution is -2.22. The third-order valence-electron chi connectivity index (χ3n) is 2.24. The van der Waals surface area contributed by atoms with Gasteiger partial charge in [-0.05, 0) is 18.6 Å². The molecule has 16 heavy (non-hydrogen) atoms. The number of carbonyl (C=O) groups excluding carboxylic acids is 1. The van der Waals surface area contributed by atoms with Crippen molar-refractivity contribution in [3.8, 4) is 0 Å². The number of aliphatic hydroxyl groups is 1. The molecule has 0 saturated carbocycles. The van der Waals surface area contributed by atoms with Crippen LogP contribution in [-0.2, 0) is 4.74 Å². The topological polar surface area (TPSA) is 71.5 Å². The molecule has 0 radical (unpaired) electrons. The Morgan fingerprint density at radius 3 is 3.00 bits per heavy atom. The normalized spacial score (nSPS) is 11.9. The number of pyridine rings is 1. The Morgan fingerprint density at radius 2 is 2.44 bits per heavy atom. The van der Waals surface area contributed by atoms with Crippen LogP contribution in [0.5, 0.6) is 0 Å². The van der Waals surface area contributed by atoms with Crippen LogP contribution in [0.2, 0.25) is 0 Å². The summed E-state index contributed by atoms with van der Waals surface area (Å²) in [5, 5.41) is 12.1. The summed E-state index contributed by atoms with van der Waals surface area (Å²) in [6.07, 6.45) is 2.32. The van der Waals surface area contributed by atoms with Crippen LogP contribution >= 0.6 is 0 Å². The molecule has 5 nitrogen and oxygen atoms in total. The van der Waals surface area contributed by atoms with Crippen LogP contribution in [0, 0.1) is 0 Å². The summed E-state index contributed by atoms with van der Waals surface area (Å²) in [4.78, 5) is 15.1.